The van der Waals surface area contributed by atoms with Gasteiger partial charge in [-0.1, -0.05) is 0 Å². The average molecular weight is 214 g/mol. The van der Waals surface area contributed by atoms with Gasteiger partial charge in [-0.25, -0.2) is 0 Å². The molecule has 2 N–H and O–H groups in total. The molecule has 1 unspecified atom stereocenters. The Kier molecular flexibility index (Phi) is 4.55. The number of esters is 1. The minimum atomic E-state index is -0.299. The van der Waals surface area contributed by atoms with Gasteiger partial charge in [-0.2, -0.15) is 0 Å². The van der Waals surface area contributed by atoms with Gasteiger partial charge in [-0.15, -0.1) is 0 Å². The van der Waals surface area contributed by atoms with Crippen molar-refractivity contribution in [2.24, 2.45) is 5.92 Å². The number of carbonyl (C=O) groups excluding carboxylic acids is 2. The molecule has 0 spiro atoms. The SMILES string of the molecule is COC(=O)CC(C)NC(=O)[C@@H]1CCNC1. The Hall–Kier alpha value is -1.10. The number of nitrogens with one attached hydrogen (secondary N) is 2. The second-order valence-corrected chi connectivity index (χ2v) is 3.88. The monoisotopic (exact) mass is 214 g/mol. The fourth-order valence-electron chi connectivity index (χ4n) is 1.62. The van der Waals surface area contributed by atoms with E-state index in [4.69, 9.17) is 0 Å². The van der Waals surface area contributed by atoms with Crippen LogP contribution >= 0.6 is 0 Å². The van der Waals surface area contributed by atoms with Crippen LogP contribution in [-0.2, 0) is 14.3 Å². The zero-order chi connectivity index (χ0) is 11.3. The highest BCUT2D eigenvalue weighted by Crippen LogP contribution is 2.08. The molecule has 0 bridgehead atoms. The Morgan fingerprint density at radius 1 is 1.60 bits per heavy atom. The van der Waals surface area contributed by atoms with Gasteiger partial charge in [-0.05, 0) is 19.9 Å². The second kappa shape index (κ2) is 5.70. The average Bonchev–Trinajstić information content (AvgIpc) is 2.70. The van der Waals surface area contributed by atoms with E-state index in [9.17, 15) is 9.59 Å². The first-order chi connectivity index (χ1) is 7.13. The zero-order valence-electron chi connectivity index (χ0n) is 9.21. The topological polar surface area (TPSA) is 67.4 Å². The van der Waals surface area contributed by atoms with E-state index in [0.29, 0.717) is 0 Å². The lowest BCUT2D eigenvalue weighted by atomic mass is 10.1. The maximum absolute atomic E-state index is 11.6. The van der Waals surface area contributed by atoms with Gasteiger partial charge in [0.2, 0.25) is 5.91 Å². The van der Waals surface area contributed by atoms with Crippen LogP contribution in [0.1, 0.15) is 19.8 Å². The molecule has 1 amide bonds. The summed E-state index contributed by atoms with van der Waals surface area (Å²) in [5, 5.41) is 5.93. The summed E-state index contributed by atoms with van der Waals surface area (Å²) in [7, 11) is 1.35. The fraction of sp³-hybridized carbons (Fsp3) is 0.800. The van der Waals surface area contributed by atoms with E-state index in [1.165, 1.54) is 7.11 Å². The van der Waals surface area contributed by atoms with E-state index in [2.05, 4.69) is 15.4 Å². The summed E-state index contributed by atoms with van der Waals surface area (Å²) < 4.78 is 4.53. The molecule has 1 heterocycles. The van der Waals surface area contributed by atoms with Gasteiger partial charge in [0.1, 0.15) is 0 Å². The summed E-state index contributed by atoms with van der Waals surface area (Å²) in [6.45, 7) is 3.43. The zero-order valence-corrected chi connectivity index (χ0v) is 9.21. The van der Waals surface area contributed by atoms with Gasteiger partial charge in [0.15, 0.2) is 0 Å². The van der Waals surface area contributed by atoms with Gasteiger partial charge >= 0.3 is 5.97 Å². The molecule has 1 saturated heterocycles. The van der Waals surface area contributed by atoms with Crippen LogP contribution in [0.3, 0.4) is 0 Å². The maximum atomic E-state index is 11.6. The Balaban J connectivity index is 2.27. The normalized spacial score (nSPS) is 22.1. The molecule has 0 radical (unpaired) electrons. The standard InChI is InChI=1S/C10H18N2O3/c1-7(5-9(13)15-2)12-10(14)8-3-4-11-6-8/h7-8,11H,3-6H2,1-2H3,(H,12,14)/t7?,8-/m1/s1. The number of hydrogen-bond donors (Lipinski definition) is 2. The van der Waals surface area contributed by atoms with Crippen LogP contribution in [-0.4, -0.2) is 38.1 Å². The van der Waals surface area contributed by atoms with Crippen molar-refractivity contribution in [1.82, 2.24) is 10.6 Å². The highest BCUT2D eigenvalue weighted by Gasteiger charge is 2.23. The second-order valence-electron chi connectivity index (χ2n) is 3.88. The third-order valence-electron chi connectivity index (χ3n) is 2.52. The third kappa shape index (κ3) is 3.87. The first kappa shape index (κ1) is 12.0. The molecule has 0 aromatic heterocycles. The summed E-state index contributed by atoms with van der Waals surface area (Å²) in [4.78, 5) is 22.6. The van der Waals surface area contributed by atoms with Crippen molar-refractivity contribution in [3.05, 3.63) is 0 Å². The van der Waals surface area contributed by atoms with Crippen molar-refractivity contribution in [1.29, 1.82) is 0 Å². The van der Waals surface area contributed by atoms with Gasteiger partial charge in [0, 0.05) is 12.6 Å². The van der Waals surface area contributed by atoms with Crippen LogP contribution in [0.5, 0.6) is 0 Å². The smallest absolute Gasteiger partial charge is 0.307 e. The van der Waals surface area contributed by atoms with Crippen LogP contribution in [0.4, 0.5) is 0 Å². The largest absolute Gasteiger partial charge is 0.469 e. The van der Waals surface area contributed by atoms with Crippen molar-refractivity contribution >= 4 is 11.9 Å². The molecule has 1 aliphatic rings. The summed E-state index contributed by atoms with van der Waals surface area (Å²) in [6, 6.07) is -0.162. The number of hydrogen-bond acceptors (Lipinski definition) is 4. The highest BCUT2D eigenvalue weighted by atomic mass is 16.5. The first-order valence-electron chi connectivity index (χ1n) is 5.21. The Labute approximate surface area is 89.6 Å². The van der Waals surface area contributed by atoms with E-state index >= 15 is 0 Å². The molecule has 5 heteroatoms. The number of methoxy groups -OCH3 is 1. The lowest BCUT2D eigenvalue weighted by molar-refractivity contribution is -0.141. The molecule has 0 saturated carbocycles. The molecule has 1 rings (SSSR count). The van der Waals surface area contributed by atoms with E-state index < -0.39 is 0 Å². The molecule has 5 nitrogen and oxygen atoms in total. The van der Waals surface area contributed by atoms with E-state index in [1.54, 1.807) is 6.92 Å². The molecule has 0 aromatic rings. The van der Waals surface area contributed by atoms with Crippen LogP contribution in [0.2, 0.25) is 0 Å². The molecular formula is C10H18N2O3. The molecule has 0 aromatic carbocycles. The quantitative estimate of drug-likeness (QED) is 0.628. The lowest BCUT2D eigenvalue weighted by Gasteiger charge is -2.15. The summed E-state index contributed by atoms with van der Waals surface area (Å²) in [5.41, 5.74) is 0. The minimum absolute atomic E-state index is 0.0244. The number of ether oxygens (including phenoxy) is 1. The minimum Gasteiger partial charge on any atom is -0.469 e. The molecule has 15 heavy (non-hydrogen) atoms. The predicted molar refractivity (Wildman–Crippen MR) is 55.2 cm³/mol. The van der Waals surface area contributed by atoms with E-state index in [-0.39, 0.29) is 30.3 Å². The Morgan fingerprint density at radius 3 is 2.87 bits per heavy atom. The molecule has 1 fully saturated rings. The summed E-state index contributed by atoms with van der Waals surface area (Å²) >= 11 is 0. The molecule has 1 aliphatic heterocycles. The third-order valence-corrected chi connectivity index (χ3v) is 2.52. The van der Waals surface area contributed by atoms with Gasteiger partial charge in [-0.3, -0.25) is 9.59 Å². The van der Waals surface area contributed by atoms with Crippen LogP contribution in [0.15, 0.2) is 0 Å². The van der Waals surface area contributed by atoms with Crippen molar-refractivity contribution in [3.8, 4) is 0 Å². The highest BCUT2D eigenvalue weighted by molar-refractivity contribution is 5.80. The van der Waals surface area contributed by atoms with Gasteiger partial charge in [0.25, 0.3) is 0 Å². The van der Waals surface area contributed by atoms with Gasteiger partial charge in [0.05, 0.1) is 19.4 Å². The first-order valence-corrected chi connectivity index (χ1v) is 5.21. The molecule has 0 aliphatic carbocycles. The predicted octanol–water partition coefficient (Wildman–Crippen LogP) is -0.336. The number of carbonyl (C=O) groups is 2. The van der Waals surface area contributed by atoms with Crippen molar-refractivity contribution in [3.63, 3.8) is 0 Å². The van der Waals surface area contributed by atoms with Crippen molar-refractivity contribution in [2.75, 3.05) is 20.2 Å². The van der Waals surface area contributed by atoms with Crippen LogP contribution in [0.25, 0.3) is 0 Å². The van der Waals surface area contributed by atoms with Crippen molar-refractivity contribution in [2.45, 2.75) is 25.8 Å². The maximum Gasteiger partial charge on any atom is 0.307 e. The Bertz CT molecular complexity index is 237. The fourth-order valence-corrected chi connectivity index (χ4v) is 1.62. The lowest BCUT2D eigenvalue weighted by Crippen LogP contribution is -2.39. The summed E-state index contributed by atoms with van der Waals surface area (Å²) in [6.07, 6.45) is 1.10. The van der Waals surface area contributed by atoms with Crippen LogP contribution in [0, 0.1) is 5.92 Å². The van der Waals surface area contributed by atoms with Crippen molar-refractivity contribution < 1.29 is 14.3 Å². The Morgan fingerprint density at radius 2 is 2.33 bits per heavy atom. The molecular weight excluding hydrogens is 196 g/mol. The van der Waals surface area contributed by atoms with E-state index in [0.717, 1.165) is 19.5 Å². The molecule has 86 valence electrons. The van der Waals surface area contributed by atoms with Gasteiger partial charge < -0.3 is 15.4 Å². The molecule has 2 atom stereocenters. The van der Waals surface area contributed by atoms with Crippen LogP contribution < -0.4 is 10.6 Å². The number of amides is 1. The number of rotatable bonds is 4. The summed E-state index contributed by atoms with van der Waals surface area (Å²) in [5.74, 6) is -0.228. The van der Waals surface area contributed by atoms with E-state index in [1.807, 2.05) is 0 Å².